The maximum Gasteiger partial charge on any atom is 0.341 e. The molecule has 0 aliphatic carbocycles. The van der Waals surface area contributed by atoms with Crippen LogP contribution in [0.2, 0.25) is 0 Å². The molecule has 2 aromatic carbocycles. The number of aromatic nitrogens is 1. The molecule has 0 spiro atoms. The number of hydrogen-bond donors (Lipinski definition) is 2. The molecule has 156 valence electrons. The van der Waals surface area contributed by atoms with E-state index in [-0.39, 0.29) is 18.1 Å². The van der Waals surface area contributed by atoms with Gasteiger partial charge in [-0.1, -0.05) is 0 Å². The molecule has 2 N–H and O–H groups in total. The first-order valence-corrected chi connectivity index (χ1v) is 8.85. The van der Waals surface area contributed by atoms with Crippen molar-refractivity contribution in [3.8, 4) is 17.2 Å². The first kappa shape index (κ1) is 20.9. The molecule has 1 amide bonds. The number of amides is 1. The van der Waals surface area contributed by atoms with Crippen molar-refractivity contribution in [2.75, 3.05) is 26.3 Å². The van der Waals surface area contributed by atoms with E-state index in [0.717, 1.165) is 0 Å². The first-order chi connectivity index (χ1) is 14.3. The van der Waals surface area contributed by atoms with Gasteiger partial charge in [-0.3, -0.25) is 9.59 Å². The van der Waals surface area contributed by atoms with Crippen LogP contribution in [0.1, 0.15) is 17.3 Å². The normalized spacial score (nSPS) is 10.6. The van der Waals surface area contributed by atoms with Crippen LogP contribution in [0.15, 0.2) is 47.4 Å². The van der Waals surface area contributed by atoms with Crippen molar-refractivity contribution in [1.82, 2.24) is 4.57 Å². The molecule has 0 saturated carbocycles. The van der Waals surface area contributed by atoms with Crippen LogP contribution in [-0.2, 0) is 9.53 Å². The number of nitrogens with one attached hydrogen (secondary N) is 1. The molecular formula is C21H20N2O7. The highest BCUT2D eigenvalue weighted by atomic mass is 16.7. The van der Waals surface area contributed by atoms with Crippen molar-refractivity contribution >= 4 is 28.5 Å². The number of nitrogens with zero attached hydrogens (tertiary/aromatic N) is 1. The van der Waals surface area contributed by atoms with Gasteiger partial charge in [-0.25, -0.2) is 4.79 Å². The number of rotatable bonds is 7. The average molecular weight is 412 g/mol. The zero-order valence-corrected chi connectivity index (χ0v) is 16.6. The molecule has 9 nitrogen and oxygen atoms in total. The topological polar surface area (TPSA) is 116 Å². The van der Waals surface area contributed by atoms with Crippen LogP contribution in [0.3, 0.4) is 0 Å². The number of pyridine rings is 1. The van der Waals surface area contributed by atoms with Gasteiger partial charge in [0.05, 0.1) is 18.3 Å². The molecular weight excluding hydrogens is 392 g/mol. The minimum atomic E-state index is -1.35. The van der Waals surface area contributed by atoms with Crippen molar-refractivity contribution < 1.29 is 28.9 Å². The van der Waals surface area contributed by atoms with E-state index in [1.54, 1.807) is 30.3 Å². The zero-order chi connectivity index (χ0) is 21.8. The fourth-order valence-electron chi connectivity index (χ4n) is 3.00. The Morgan fingerprint density at radius 2 is 1.87 bits per heavy atom. The lowest BCUT2D eigenvalue weighted by Crippen LogP contribution is -2.18. The van der Waals surface area contributed by atoms with Gasteiger partial charge in [0.25, 0.3) is 0 Å². The SMILES string of the molecule is COCOc1ccc2c(=O)c(C(=O)O)cn(-c3cc(NC(C)=O)cc(OC)c3)c2c1. The molecule has 3 aromatic rings. The summed E-state index contributed by atoms with van der Waals surface area (Å²) in [6.07, 6.45) is 1.24. The summed E-state index contributed by atoms with van der Waals surface area (Å²) in [4.78, 5) is 35.8. The number of aromatic carboxylic acids is 1. The molecule has 0 saturated heterocycles. The van der Waals surface area contributed by atoms with E-state index in [2.05, 4.69) is 5.32 Å². The Hall–Kier alpha value is -3.85. The van der Waals surface area contributed by atoms with Gasteiger partial charge < -0.3 is 29.2 Å². The summed E-state index contributed by atoms with van der Waals surface area (Å²) in [6.45, 7) is 1.38. The van der Waals surface area contributed by atoms with E-state index in [1.165, 1.54) is 38.0 Å². The molecule has 0 bridgehead atoms. The van der Waals surface area contributed by atoms with Crippen molar-refractivity contribution in [2.45, 2.75) is 6.92 Å². The summed E-state index contributed by atoms with van der Waals surface area (Å²) in [6, 6.07) is 9.60. The second kappa shape index (κ2) is 8.66. The number of benzene rings is 2. The Morgan fingerprint density at radius 1 is 1.10 bits per heavy atom. The maximum atomic E-state index is 12.7. The summed E-state index contributed by atoms with van der Waals surface area (Å²) in [5.41, 5.74) is 0.344. The molecule has 1 aromatic heterocycles. The van der Waals surface area contributed by atoms with E-state index in [0.29, 0.717) is 28.4 Å². The van der Waals surface area contributed by atoms with Gasteiger partial charge in [0.2, 0.25) is 11.3 Å². The summed E-state index contributed by atoms with van der Waals surface area (Å²) < 4.78 is 17.2. The monoisotopic (exact) mass is 412 g/mol. The first-order valence-electron chi connectivity index (χ1n) is 8.85. The van der Waals surface area contributed by atoms with E-state index >= 15 is 0 Å². The van der Waals surface area contributed by atoms with Crippen LogP contribution in [0, 0.1) is 0 Å². The second-order valence-electron chi connectivity index (χ2n) is 6.38. The highest BCUT2D eigenvalue weighted by Crippen LogP contribution is 2.28. The number of carboxylic acid groups (broad SMARTS) is 1. The van der Waals surface area contributed by atoms with Crippen molar-refractivity contribution in [1.29, 1.82) is 0 Å². The van der Waals surface area contributed by atoms with Gasteiger partial charge in [-0.15, -0.1) is 0 Å². The van der Waals surface area contributed by atoms with Crippen molar-refractivity contribution in [3.05, 3.63) is 58.4 Å². The number of carbonyl (C=O) groups is 2. The lowest BCUT2D eigenvalue weighted by molar-refractivity contribution is -0.114. The molecule has 0 unspecified atom stereocenters. The molecule has 1 heterocycles. The van der Waals surface area contributed by atoms with Crippen molar-refractivity contribution in [2.24, 2.45) is 0 Å². The van der Waals surface area contributed by atoms with Crippen LogP contribution in [0.4, 0.5) is 5.69 Å². The molecule has 3 rings (SSSR count). The van der Waals surface area contributed by atoms with Crippen LogP contribution in [0.5, 0.6) is 11.5 Å². The van der Waals surface area contributed by atoms with E-state index < -0.39 is 17.0 Å². The maximum absolute atomic E-state index is 12.7. The Morgan fingerprint density at radius 3 is 2.50 bits per heavy atom. The Kier molecular flexibility index (Phi) is 6.03. The van der Waals surface area contributed by atoms with E-state index in [1.807, 2.05) is 0 Å². The highest BCUT2D eigenvalue weighted by Gasteiger charge is 2.17. The number of anilines is 1. The second-order valence-corrected chi connectivity index (χ2v) is 6.38. The summed E-state index contributed by atoms with van der Waals surface area (Å²) in [5, 5.41) is 12.4. The average Bonchev–Trinajstić information content (AvgIpc) is 2.71. The van der Waals surface area contributed by atoms with Gasteiger partial charge in [-0.05, 0) is 18.2 Å². The smallest absolute Gasteiger partial charge is 0.341 e. The predicted molar refractivity (Wildman–Crippen MR) is 110 cm³/mol. The van der Waals surface area contributed by atoms with Crippen LogP contribution >= 0.6 is 0 Å². The largest absolute Gasteiger partial charge is 0.497 e. The summed E-state index contributed by atoms with van der Waals surface area (Å²) in [5.74, 6) is -0.752. The minimum absolute atomic E-state index is 0.00872. The van der Waals surface area contributed by atoms with Gasteiger partial charge in [0, 0.05) is 49.5 Å². The van der Waals surface area contributed by atoms with Gasteiger partial charge >= 0.3 is 5.97 Å². The predicted octanol–water partition coefficient (Wildman–Crippen LogP) is 2.64. The molecule has 0 fully saturated rings. The van der Waals surface area contributed by atoms with E-state index in [4.69, 9.17) is 14.2 Å². The van der Waals surface area contributed by atoms with E-state index in [9.17, 15) is 19.5 Å². The molecule has 0 aliphatic heterocycles. The number of fused-ring (bicyclic) bond motifs is 1. The fourth-order valence-corrected chi connectivity index (χ4v) is 3.00. The number of hydrogen-bond acceptors (Lipinski definition) is 6. The third kappa shape index (κ3) is 4.26. The van der Waals surface area contributed by atoms with Gasteiger partial charge in [0.1, 0.15) is 17.1 Å². The molecule has 0 radical (unpaired) electrons. The number of carboxylic acids is 1. The molecule has 0 atom stereocenters. The standard InChI is InChI=1S/C21H20N2O7/c1-12(24)22-13-6-14(8-16(7-13)29-3)23-10-18(21(26)27)20(25)17-5-4-15(9-19(17)23)30-11-28-2/h4-10H,11H2,1-3H3,(H,22,24)(H,26,27). The Balaban J connectivity index is 2.32. The third-order valence-corrected chi connectivity index (χ3v) is 4.28. The van der Waals surface area contributed by atoms with Gasteiger partial charge in [-0.2, -0.15) is 0 Å². The summed E-state index contributed by atoms with van der Waals surface area (Å²) in [7, 11) is 2.95. The van der Waals surface area contributed by atoms with Crippen LogP contribution in [0.25, 0.3) is 16.6 Å². The zero-order valence-electron chi connectivity index (χ0n) is 16.6. The fraction of sp³-hybridized carbons (Fsp3) is 0.190. The van der Waals surface area contributed by atoms with Crippen LogP contribution in [-0.4, -0.2) is 42.6 Å². The number of methoxy groups -OCH3 is 2. The molecule has 9 heteroatoms. The van der Waals surface area contributed by atoms with Crippen LogP contribution < -0.4 is 20.2 Å². The third-order valence-electron chi connectivity index (χ3n) is 4.28. The number of carbonyl (C=O) groups excluding carboxylic acids is 1. The Bertz CT molecular complexity index is 1180. The molecule has 30 heavy (non-hydrogen) atoms. The molecule has 0 aliphatic rings. The number of ether oxygens (including phenoxy) is 3. The summed E-state index contributed by atoms with van der Waals surface area (Å²) >= 11 is 0. The van der Waals surface area contributed by atoms with Crippen molar-refractivity contribution in [3.63, 3.8) is 0 Å². The van der Waals surface area contributed by atoms with Gasteiger partial charge in [0.15, 0.2) is 6.79 Å². The lowest BCUT2D eigenvalue weighted by Gasteiger charge is -2.16. The lowest BCUT2D eigenvalue weighted by atomic mass is 10.1. The highest BCUT2D eigenvalue weighted by molar-refractivity contribution is 5.94. The minimum Gasteiger partial charge on any atom is -0.497 e. The Labute approximate surface area is 171 Å². The quantitative estimate of drug-likeness (QED) is 0.573.